The van der Waals surface area contributed by atoms with Gasteiger partial charge in [-0.2, -0.15) is 13.2 Å². The van der Waals surface area contributed by atoms with Crippen molar-refractivity contribution in [1.29, 1.82) is 0 Å². The van der Waals surface area contributed by atoms with Gasteiger partial charge in [0, 0.05) is 16.3 Å². The Balaban J connectivity index is 1.76. The number of hydrogen-bond acceptors (Lipinski definition) is 3. The smallest absolute Gasteiger partial charge is 0.346 e. The first-order valence-electron chi connectivity index (χ1n) is 6.53. The SMILES string of the molecule is CC(NCc1cc2c(s1)CCC2)C(=O)NCC(F)(F)F. The minimum atomic E-state index is -4.37. The Morgan fingerprint density at radius 3 is 2.85 bits per heavy atom. The third-order valence-electron chi connectivity index (χ3n) is 3.24. The maximum absolute atomic E-state index is 12.0. The molecule has 0 saturated heterocycles. The van der Waals surface area contributed by atoms with E-state index in [1.54, 1.807) is 18.3 Å². The number of fused-ring (bicyclic) bond motifs is 1. The van der Waals surface area contributed by atoms with Crippen molar-refractivity contribution < 1.29 is 18.0 Å². The van der Waals surface area contributed by atoms with E-state index in [4.69, 9.17) is 0 Å². The number of aryl methyl sites for hydroxylation is 2. The lowest BCUT2D eigenvalue weighted by molar-refractivity contribution is -0.139. The molecule has 0 radical (unpaired) electrons. The predicted octanol–water partition coefficient (Wildman–Crippen LogP) is 2.39. The normalized spacial score (nSPS) is 16.0. The second-order valence-electron chi connectivity index (χ2n) is 4.95. The minimum Gasteiger partial charge on any atom is -0.346 e. The molecule has 3 nitrogen and oxygen atoms in total. The molecule has 1 amide bonds. The molecular weight excluding hydrogens is 289 g/mol. The monoisotopic (exact) mass is 306 g/mol. The topological polar surface area (TPSA) is 41.1 Å². The number of thiophene rings is 1. The van der Waals surface area contributed by atoms with Crippen LogP contribution in [0.15, 0.2) is 6.07 Å². The van der Waals surface area contributed by atoms with Crippen LogP contribution < -0.4 is 10.6 Å². The van der Waals surface area contributed by atoms with Gasteiger partial charge in [-0.1, -0.05) is 0 Å². The van der Waals surface area contributed by atoms with Crippen molar-refractivity contribution in [2.45, 2.75) is 44.9 Å². The highest BCUT2D eigenvalue weighted by molar-refractivity contribution is 7.12. The molecule has 1 heterocycles. The van der Waals surface area contributed by atoms with Crippen LogP contribution >= 0.6 is 11.3 Å². The van der Waals surface area contributed by atoms with Crippen molar-refractivity contribution in [1.82, 2.24) is 10.6 Å². The van der Waals surface area contributed by atoms with Crippen LogP contribution in [0.3, 0.4) is 0 Å². The van der Waals surface area contributed by atoms with Crippen LogP contribution in [0.25, 0.3) is 0 Å². The number of nitrogens with one attached hydrogen (secondary N) is 2. The Labute approximate surface area is 119 Å². The summed E-state index contributed by atoms with van der Waals surface area (Å²) in [6, 6.07) is 1.48. The van der Waals surface area contributed by atoms with Gasteiger partial charge in [0.2, 0.25) is 5.91 Å². The molecular formula is C13H17F3N2OS. The lowest BCUT2D eigenvalue weighted by Crippen LogP contribution is -2.44. The van der Waals surface area contributed by atoms with Gasteiger partial charge in [0.15, 0.2) is 0 Å². The summed E-state index contributed by atoms with van der Waals surface area (Å²) < 4.78 is 36.0. The fraction of sp³-hybridized carbons (Fsp3) is 0.615. The molecule has 20 heavy (non-hydrogen) atoms. The maximum atomic E-state index is 12.0. The molecule has 1 unspecified atom stereocenters. The summed E-state index contributed by atoms with van der Waals surface area (Å²) in [5, 5.41) is 4.83. The van der Waals surface area contributed by atoms with Crippen molar-refractivity contribution in [3.63, 3.8) is 0 Å². The number of carbonyl (C=O) groups is 1. The largest absolute Gasteiger partial charge is 0.405 e. The van der Waals surface area contributed by atoms with Gasteiger partial charge in [0.1, 0.15) is 6.54 Å². The number of halogens is 3. The predicted molar refractivity (Wildman–Crippen MR) is 71.7 cm³/mol. The molecule has 0 aromatic carbocycles. The summed E-state index contributed by atoms with van der Waals surface area (Å²) in [5.74, 6) is -0.633. The Morgan fingerprint density at radius 2 is 2.20 bits per heavy atom. The molecule has 7 heteroatoms. The Hall–Kier alpha value is -1.08. The highest BCUT2D eigenvalue weighted by Crippen LogP contribution is 2.30. The maximum Gasteiger partial charge on any atom is 0.405 e. The summed E-state index contributed by atoms with van der Waals surface area (Å²) in [5.41, 5.74) is 1.38. The van der Waals surface area contributed by atoms with E-state index >= 15 is 0 Å². The first-order valence-corrected chi connectivity index (χ1v) is 7.35. The lowest BCUT2D eigenvalue weighted by atomic mass is 10.2. The number of carbonyl (C=O) groups excluding carboxylic acids is 1. The van der Waals surface area contributed by atoms with Crippen molar-refractivity contribution in [2.24, 2.45) is 0 Å². The number of amides is 1. The second-order valence-corrected chi connectivity index (χ2v) is 6.17. The fourth-order valence-corrected chi connectivity index (χ4v) is 3.38. The Bertz CT molecular complexity index is 463. The van der Waals surface area contributed by atoms with Gasteiger partial charge in [-0.15, -0.1) is 11.3 Å². The standard InChI is InChI=1S/C13H17F3N2OS/c1-8(12(19)18-7-13(14,15)16)17-6-10-5-9-3-2-4-11(9)20-10/h5,8,17H,2-4,6-7H2,1H3,(H,18,19). The molecule has 0 spiro atoms. The molecule has 0 saturated carbocycles. The molecule has 1 aliphatic carbocycles. The molecule has 0 fully saturated rings. The van der Waals surface area contributed by atoms with E-state index < -0.39 is 24.7 Å². The van der Waals surface area contributed by atoms with Crippen molar-refractivity contribution in [2.75, 3.05) is 6.54 Å². The van der Waals surface area contributed by atoms with Gasteiger partial charge in [0.25, 0.3) is 0 Å². The summed E-state index contributed by atoms with van der Waals surface area (Å²) in [7, 11) is 0. The third kappa shape index (κ3) is 4.21. The number of hydrogen-bond donors (Lipinski definition) is 2. The van der Waals surface area contributed by atoms with Crippen LogP contribution in [0.4, 0.5) is 13.2 Å². The summed E-state index contributed by atoms with van der Waals surface area (Å²) in [4.78, 5) is 14.0. The molecule has 1 aromatic heterocycles. The Kier molecular flexibility index (Phi) is 4.70. The molecule has 2 N–H and O–H groups in total. The third-order valence-corrected chi connectivity index (χ3v) is 4.47. The molecule has 0 aliphatic heterocycles. The zero-order chi connectivity index (χ0) is 14.8. The highest BCUT2D eigenvalue weighted by atomic mass is 32.1. The van der Waals surface area contributed by atoms with Gasteiger partial charge in [0.05, 0.1) is 6.04 Å². The quantitative estimate of drug-likeness (QED) is 0.877. The molecule has 1 aromatic rings. The average molecular weight is 306 g/mol. The summed E-state index contributed by atoms with van der Waals surface area (Å²) in [6.07, 6.45) is -0.954. The van der Waals surface area contributed by atoms with Crippen LogP contribution in [-0.4, -0.2) is 24.7 Å². The van der Waals surface area contributed by atoms with E-state index in [2.05, 4.69) is 11.4 Å². The zero-order valence-electron chi connectivity index (χ0n) is 11.1. The molecule has 112 valence electrons. The van der Waals surface area contributed by atoms with Crippen molar-refractivity contribution >= 4 is 17.2 Å². The summed E-state index contributed by atoms with van der Waals surface area (Å²) >= 11 is 1.72. The van der Waals surface area contributed by atoms with Gasteiger partial charge in [-0.05, 0) is 37.8 Å². The highest BCUT2D eigenvalue weighted by Gasteiger charge is 2.28. The van der Waals surface area contributed by atoms with Crippen LogP contribution in [-0.2, 0) is 24.2 Å². The average Bonchev–Trinajstić information content (AvgIpc) is 2.92. The van der Waals surface area contributed by atoms with Gasteiger partial charge in [-0.3, -0.25) is 4.79 Å². The molecule has 1 atom stereocenters. The van der Waals surface area contributed by atoms with Crippen LogP contribution in [0.2, 0.25) is 0 Å². The van der Waals surface area contributed by atoms with Crippen molar-refractivity contribution in [3.05, 3.63) is 21.4 Å². The van der Waals surface area contributed by atoms with E-state index in [0.29, 0.717) is 6.54 Å². The van der Waals surface area contributed by atoms with E-state index in [1.165, 1.54) is 16.9 Å². The van der Waals surface area contributed by atoms with Gasteiger partial charge in [-0.25, -0.2) is 0 Å². The first-order chi connectivity index (χ1) is 9.35. The van der Waals surface area contributed by atoms with E-state index in [0.717, 1.165) is 17.7 Å². The summed E-state index contributed by atoms with van der Waals surface area (Å²) in [6.45, 7) is 0.788. The van der Waals surface area contributed by atoms with Crippen molar-refractivity contribution in [3.8, 4) is 0 Å². The van der Waals surface area contributed by atoms with Crippen LogP contribution in [0.1, 0.15) is 28.7 Å². The second kappa shape index (κ2) is 6.13. The Morgan fingerprint density at radius 1 is 1.45 bits per heavy atom. The molecule has 0 bridgehead atoms. The molecule has 2 rings (SSSR count). The lowest BCUT2D eigenvalue weighted by Gasteiger charge is -2.14. The zero-order valence-corrected chi connectivity index (χ0v) is 12.0. The van der Waals surface area contributed by atoms with Crippen LogP contribution in [0.5, 0.6) is 0 Å². The molecule has 1 aliphatic rings. The fourth-order valence-electron chi connectivity index (χ4n) is 2.16. The minimum absolute atomic E-state index is 0.512. The van der Waals surface area contributed by atoms with Gasteiger partial charge >= 0.3 is 6.18 Å². The van der Waals surface area contributed by atoms with E-state index in [-0.39, 0.29) is 0 Å². The van der Waals surface area contributed by atoms with E-state index in [1.807, 2.05) is 5.32 Å². The first kappa shape index (κ1) is 15.3. The van der Waals surface area contributed by atoms with E-state index in [9.17, 15) is 18.0 Å². The van der Waals surface area contributed by atoms with Gasteiger partial charge < -0.3 is 10.6 Å². The van der Waals surface area contributed by atoms with Crippen LogP contribution in [0, 0.1) is 0 Å². The number of alkyl halides is 3. The number of rotatable bonds is 5.